The molecule has 5 heteroatoms. The van der Waals surface area contributed by atoms with Crippen molar-refractivity contribution < 1.29 is 4.42 Å². The molecule has 0 spiro atoms. The zero-order chi connectivity index (χ0) is 12.1. The first kappa shape index (κ1) is 12.9. The number of aromatic nitrogens is 2. The molecular weight excluding hydrogens is 234 g/mol. The fourth-order valence-electron chi connectivity index (χ4n) is 2.20. The summed E-state index contributed by atoms with van der Waals surface area (Å²) in [6, 6.07) is 0.719. The van der Waals surface area contributed by atoms with Gasteiger partial charge < -0.3 is 9.73 Å². The van der Waals surface area contributed by atoms with E-state index in [2.05, 4.69) is 22.4 Å². The molecule has 2 rings (SSSR count). The summed E-state index contributed by atoms with van der Waals surface area (Å²) in [4.78, 5) is 0. The molecule has 17 heavy (non-hydrogen) atoms. The van der Waals surface area contributed by atoms with E-state index in [-0.39, 0.29) is 0 Å². The molecule has 0 bridgehead atoms. The molecule has 4 nitrogen and oxygen atoms in total. The Morgan fingerprint density at radius 3 is 2.71 bits per heavy atom. The minimum absolute atomic E-state index is 0.640. The van der Waals surface area contributed by atoms with Crippen LogP contribution in [-0.2, 0) is 0 Å². The average molecular weight is 255 g/mol. The lowest BCUT2D eigenvalue weighted by Crippen LogP contribution is -2.34. The third kappa shape index (κ3) is 4.32. The van der Waals surface area contributed by atoms with Crippen molar-refractivity contribution in [1.82, 2.24) is 15.5 Å². The molecule has 0 unspecified atom stereocenters. The summed E-state index contributed by atoms with van der Waals surface area (Å²) in [6.07, 6.45) is 5.39. The predicted molar refractivity (Wildman–Crippen MR) is 69.2 cm³/mol. The second-order valence-electron chi connectivity index (χ2n) is 4.85. The molecule has 1 saturated carbocycles. The molecule has 1 aliphatic rings. The summed E-state index contributed by atoms with van der Waals surface area (Å²) in [5, 5.41) is 12.1. The van der Waals surface area contributed by atoms with E-state index in [1.165, 1.54) is 25.7 Å². The van der Waals surface area contributed by atoms with Gasteiger partial charge in [0.15, 0.2) is 0 Å². The molecule has 1 aromatic heterocycles. The van der Waals surface area contributed by atoms with Crippen LogP contribution in [0.2, 0.25) is 0 Å². The molecule has 1 N–H and O–H groups in total. The van der Waals surface area contributed by atoms with Gasteiger partial charge in [-0.2, -0.15) is 0 Å². The van der Waals surface area contributed by atoms with Gasteiger partial charge in [0.1, 0.15) is 0 Å². The van der Waals surface area contributed by atoms with Gasteiger partial charge >= 0.3 is 0 Å². The Hall–Kier alpha value is -0.550. The van der Waals surface area contributed by atoms with Crippen molar-refractivity contribution in [3.63, 3.8) is 0 Å². The maximum atomic E-state index is 5.30. The third-order valence-electron chi connectivity index (χ3n) is 3.28. The van der Waals surface area contributed by atoms with Gasteiger partial charge in [-0.1, -0.05) is 18.7 Å². The van der Waals surface area contributed by atoms with Crippen LogP contribution >= 0.6 is 11.8 Å². The molecule has 0 atom stereocenters. The van der Waals surface area contributed by atoms with Crippen LogP contribution < -0.4 is 5.32 Å². The van der Waals surface area contributed by atoms with Crippen LogP contribution in [-0.4, -0.2) is 28.5 Å². The maximum absolute atomic E-state index is 5.30. The highest BCUT2D eigenvalue weighted by Crippen LogP contribution is 2.23. The zero-order valence-corrected chi connectivity index (χ0v) is 11.4. The first-order chi connectivity index (χ1) is 8.24. The number of nitrogens with one attached hydrogen (secondary N) is 1. The summed E-state index contributed by atoms with van der Waals surface area (Å²) in [5.74, 6) is 2.55. The van der Waals surface area contributed by atoms with Gasteiger partial charge in [0.2, 0.25) is 5.89 Å². The molecule has 0 aromatic carbocycles. The van der Waals surface area contributed by atoms with E-state index in [1.807, 2.05) is 6.92 Å². The first-order valence-electron chi connectivity index (χ1n) is 6.40. The Balaban J connectivity index is 1.57. The Kier molecular flexibility index (Phi) is 4.86. The summed E-state index contributed by atoms with van der Waals surface area (Å²) in [5.41, 5.74) is 0. The number of rotatable bonds is 5. The highest BCUT2D eigenvalue weighted by Gasteiger charge is 2.17. The summed E-state index contributed by atoms with van der Waals surface area (Å²) in [6.45, 7) is 5.19. The fraction of sp³-hybridized carbons (Fsp3) is 0.833. The van der Waals surface area contributed by atoms with Crippen LogP contribution in [0.4, 0.5) is 0 Å². The van der Waals surface area contributed by atoms with Gasteiger partial charge in [-0.15, -0.1) is 10.2 Å². The van der Waals surface area contributed by atoms with E-state index in [0.717, 1.165) is 24.3 Å². The predicted octanol–water partition coefficient (Wildman–Crippen LogP) is 2.64. The molecule has 0 aliphatic heterocycles. The molecule has 1 aliphatic carbocycles. The maximum Gasteiger partial charge on any atom is 0.276 e. The molecule has 0 amide bonds. The lowest BCUT2D eigenvalue weighted by molar-refractivity contribution is 0.311. The Labute approximate surface area is 107 Å². The molecular formula is C12H21N3OS. The van der Waals surface area contributed by atoms with Gasteiger partial charge in [-0.05, 0) is 31.6 Å². The SMILES string of the molecule is Cc1nnc(SCCNC2CCC(C)CC2)o1. The van der Waals surface area contributed by atoms with Gasteiger partial charge in [-0.25, -0.2) is 0 Å². The molecule has 0 radical (unpaired) electrons. The summed E-state index contributed by atoms with van der Waals surface area (Å²) >= 11 is 1.63. The number of hydrogen-bond donors (Lipinski definition) is 1. The van der Waals surface area contributed by atoms with Gasteiger partial charge in [-0.3, -0.25) is 0 Å². The Morgan fingerprint density at radius 1 is 1.29 bits per heavy atom. The van der Waals surface area contributed by atoms with Crippen molar-refractivity contribution in [3.8, 4) is 0 Å². The van der Waals surface area contributed by atoms with Crippen LogP contribution in [0.3, 0.4) is 0 Å². The molecule has 1 fully saturated rings. The number of thioether (sulfide) groups is 1. The minimum Gasteiger partial charge on any atom is -0.416 e. The van der Waals surface area contributed by atoms with Gasteiger partial charge in [0.25, 0.3) is 5.22 Å². The number of hydrogen-bond acceptors (Lipinski definition) is 5. The van der Waals surface area contributed by atoms with E-state index < -0.39 is 0 Å². The van der Waals surface area contributed by atoms with E-state index in [4.69, 9.17) is 4.42 Å². The smallest absolute Gasteiger partial charge is 0.276 e. The van der Waals surface area contributed by atoms with Crippen molar-refractivity contribution >= 4 is 11.8 Å². The van der Waals surface area contributed by atoms with Crippen LogP contribution in [0.15, 0.2) is 9.64 Å². The highest BCUT2D eigenvalue weighted by atomic mass is 32.2. The van der Waals surface area contributed by atoms with Crippen LogP contribution in [0.1, 0.15) is 38.5 Å². The van der Waals surface area contributed by atoms with Crippen LogP contribution in [0, 0.1) is 12.8 Å². The van der Waals surface area contributed by atoms with E-state index in [0.29, 0.717) is 11.1 Å². The Bertz CT molecular complexity index is 334. The van der Waals surface area contributed by atoms with Gasteiger partial charge in [0.05, 0.1) is 0 Å². The highest BCUT2D eigenvalue weighted by molar-refractivity contribution is 7.99. The standard InChI is InChI=1S/C12H21N3OS/c1-9-3-5-11(6-4-9)13-7-8-17-12-15-14-10(2)16-12/h9,11,13H,3-8H2,1-2H3. The molecule has 96 valence electrons. The van der Waals surface area contributed by atoms with E-state index >= 15 is 0 Å². The normalized spacial score (nSPS) is 25.1. The lowest BCUT2D eigenvalue weighted by Gasteiger charge is -2.26. The van der Waals surface area contributed by atoms with Crippen LogP contribution in [0.5, 0.6) is 0 Å². The second-order valence-corrected chi connectivity index (χ2v) is 5.89. The summed E-state index contributed by atoms with van der Waals surface area (Å²) < 4.78 is 5.30. The van der Waals surface area contributed by atoms with E-state index in [9.17, 15) is 0 Å². The summed E-state index contributed by atoms with van der Waals surface area (Å²) in [7, 11) is 0. The first-order valence-corrected chi connectivity index (χ1v) is 7.39. The average Bonchev–Trinajstić information content (AvgIpc) is 2.73. The quantitative estimate of drug-likeness (QED) is 0.647. The number of aryl methyl sites for hydroxylation is 1. The van der Waals surface area contributed by atoms with Crippen molar-refractivity contribution in [1.29, 1.82) is 0 Å². The Morgan fingerprint density at radius 2 is 2.06 bits per heavy atom. The third-order valence-corrected chi connectivity index (χ3v) is 4.10. The minimum atomic E-state index is 0.640. The number of nitrogens with zero attached hydrogens (tertiary/aromatic N) is 2. The monoisotopic (exact) mass is 255 g/mol. The fourth-order valence-corrected chi connectivity index (χ4v) is 2.87. The molecule has 0 saturated heterocycles. The molecule has 1 heterocycles. The van der Waals surface area contributed by atoms with E-state index in [1.54, 1.807) is 11.8 Å². The van der Waals surface area contributed by atoms with Gasteiger partial charge in [0, 0.05) is 25.3 Å². The second kappa shape index (κ2) is 6.40. The van der Waals surface area contributed by atoms with Crippen molar-refractivity contribution in [2.45, 2.75) is 50.8 Å². The van der Waals surface area contributed by atoms with Crippen LogP contribution in [0.25, 0.3) is 0 Å². The zero-order valence-electron chi connectivity index (χ0n) is 10.6. The van der Waals surface area contributed by atoms with Crippen molar-refractivity contribution in [2.75, 3.05) is 12.3 Å². The largest absolute Gasteiger partial charge is 0.416 e. The molecule has 1 aromatic rings. The lowest BCUT2D eigenvalue weighted by atomic mass is 9.87. The topological polar surface area (TPSA) is 51.0 Å². The van der Waals surface area contributed by atoms with Crippen molar-refractivity contribution in [3.05, 3.63) is 5.89 Å². The van der Waals surface area contributed by atoms with Crippen molar-refractivity contribution in [2.24, 2.45) is 5.92 Å².